The van der Waals surface area contributed by atoms with Gasteiger partial charge in [-0.3, -0.25) is 9.59 Å². The second-order valence-corrected chi connectivity index (χ2v) is 5.93. The van der Waals surface area contributed by atoms with Crippen molar-refractivity contribution in [2.75, 3.05) is 26.1 Å². The molecule has 0 aliphatic carbocycles. The van der Waals surface area contributed by atoms with Crippen molar-refractivity contribution in [2.45, 2.75) is 13.3 Å². The third-order valence-corrected chi connectivity index (χ3v) is 4.06. The fourth-order valence-electron chi connectivity index (χ4n) is 2.22. The van der Waals surface area contributed by atoms with Crippen molar-refractivity contribution >= 4 is 29.2 Å². The standard InChI is InChI=1S/C19H20ClNO5/c1-12-4-6-14(9-16(12)20)21-18(22)11-26-19(23)8-13-5-7-15(24-2)10-17(13)25-3/h4-7,9-10H,8,11H2,1-3H3,(H,21,22). The van der Waals surface area contributed by atoms with E-state index in [1.165, 1.54) is 7.11 Å². The Hall–Kier alpha value is -2.73. The summed E-state index contributed by atoms with van der Waals surface area (Å²) in [5.41, 5.74) is 2.09. The second kappa shape index (κ2) is 9.10. The number of carbonyl (C=O) groups is 2. The van der Waals surface area contributed by atoms with Crippen molar-refractivity contribution in [2.24, 2.45) is 0 Å². The highest BCUT2D eigenvalue weighted by molar-refractivity contribution is 6.31. The molecule has 0 unspecified atom stereocenters. The highest BCUT2D eigenvalue weighted by atomic mass is 35.5. The number of amides is 1. The average molecular weight is 378 g/mol. The molecule has 2 aromatic carbocycles. The van der Waals surface area contributed by atoms with E-state index in [4.69, 9.17) is 25.8 Å². The highest BCUT2D eigenvalue weighted by Crippen LogP contribution is 2.25. The Labute approximate surface area is 157 Å². The Kier molecular flexibility index (Phi) is 6.86. The van der Waals surface area contributed by atoms with Gasteiger partial charge in [-0.15, -0.1) is 0 Å². The summed E-state index contributed by atoms with van der Waals surface area (Å²) < 4.78 is 15.4. The lowest BCUT2D eigenvalue weighted by Crippen LogP contribution is -2.21. The smallest absolute Gasteiger partial charge is 0.310 e. The number of hydrogen-bond acceptors (Lipinski definition) is 5. The normalized spacial score (nSPS) is 10.2. The molecule has 2 aromatic rings. The number of halogens is 1. The summed E-state index contributed by atoms with van der Waals surface area (Å²) in [5, 5.41) is 3.17. The van der Waals surface area contributed by atoms with Crippen LogP contribution in [0.1, 0.15) is 11.1 Å². The molecule has 1 amide bonds. The fourth-order valence-corrected chi connectivity index (χ4v) is 2.40. The molecule has 0 atom stereocenters. The number of carbonyl (C=O) groups excluding carboxylic acids is 2. The number of rotatable bonds is 7. The third kappa shape index (κ3) is 5.39. The van der Waals surface area contributed by atoms with E-state index in [1.54, 1.807) is 43.5 Å². The van der Waals surface area contributed by atoms with Gasteiger partial charge >= 0.3 is 5.97 Å². The van der Waals surface area contributed by atoms with Gasteiger partial charge in [0.15, 0.2) is 6.61 Å². The van der Waals surface area contributed by atoms with Gasteiger partial charge in [0, 0.05) is 22.3 Å². The number of hydrogen-bond donors (Lipinski definition) is 1. The molecular formula is C19H20ClNO5. The van der Waals surface area contributed by atoms with E-state index in [0.717, 1.165) is 5.56 Å². The first-order chi connectivity index (χ1) is 12.4. The Balaban J connectivity index is 1.88. The van der Waals surface area contributed by atoms with Gasteiger partial charge in [-0.1, -0.05) is 23.7 Å². The largest absolute Gasteiger partial charge is 0.497 e. The molecule has 7 heteroatoms. The molecule has 0 radical (unpaired) electrons. The number of esters is 1. The highest BCUT2D eigenvalue weighted by Gasteiger charge is 2.13. The molecule has 0 spiro atoms. The number of nitrogens with one attached hydrogen (secondary N) is 1. The van der Waals surface area contributed by atoms with Gasteiger partial charge in [-0.05, 0) is 30.7 Å². The molecule has 0 saturated carbocycles. The van der Waals surface area contributed by atoms with Crippen LogP contribution in [0.2, 0.25) is 5.02 Å². The Morgan fingerprint density at radius 1 is 1.08 bits per heavy atom. The minimum Gasteiger partial charge on any atom is -0.497 e. The van der Waals surface area contributed by atoms with Crippen molar-refractivity contribution in [3.63, 3.8) is 0 Å². The predicted molar refractivity (Wildman–Crippen MR) is 99.0 cm³/mol. The van der Waals surface area contributed by atoms with E-state index < -0.39 is 11.9 Å². The zero-order valence-electron chi connectivity index (χ0n) is 14.8. The first-order valence-electron chi connectivity index (χ1n) is 7.85. The molecule has 1 N–H and O–H groups in total. The molecule has 0 saturated heterocycles. The van der Waals surface area contributed by atoms with Gasteiger partial charge in [-0.25, -0.2) is 0 Å². The fraction of sp³-hybridized carbons (Fsp3) is 0.263. The topological polar surface area (TPSA) is 73.9 Å². The molecule has 138 valence electrons. The molecule has 0 bridgehead atoms. The predicted octanol–water partition coefficient (Wildman–Crippen LogP) is 3.39. The van der Waals surface area contributed by atoms with Crippen LogP contribution in [-0.2, 0) is 20.7 Å². The lowest BCUT2D eigenvalue weighted by molar-refractivity contribution is -0.146. The zero-order chi connectivity index (χ0) is 19.1. The van der Waals surface area contributed by atoms with Crippen LogP contribution >= 0.6 is 11.6 Å². The van der Waals surface area contributed by atoms with Crippen LogP contribution < -0.4 is 14.8 Å². The molecule has 0 fully saturated rings. The Morgan fingerprint density at radius 3 is 2.50 bits per heavy atom. The van der Waals surface area contributed by atoms with E-state index in [0.29, 0.717) is 27.8 Å². The third-order valence-electron chi connectivity index (χ3n) is 3.65. The monoisotopic (exact) mass is 377 g/mol. The molecule has 0 heterocycles. The maximum Gasteiger partial charge on any atom is 0.310 e. The number of anilines is 1. The van der Waals surface area contributed by atoms with Crippen LogP contribution in [-0.4, -0.2) is 32.7 Å². The molecule has 0 aliphatic rings. The molecule has 0 aliphatic heterocycles. The van der Waals surface area contributed by atoms with E-state index >= 15 is 0 Å². The van der Waals surface area contributed by atoms with Gasteiger partial charge in [-0.2, -0.15) is 0 Å². The lowest BCUT2D eigenvalue weighted by Gasteiger charge is -2.11. The van der Waals surface area contributed by atoms with Crippen LogP contribution in [0, 0.1) is 6.92 Å². The molecular weight excluding hydrogens is 358 g/mol. The first kappa shape index (κ1) is 19.6. The van der Waals surface area contributed by atoms with Gasteiger partial charge in [0.2, 0.25) is 0 Å². The summed E-state index contributed by atoms with van der Waals surface area (Å²) in [6.45, 7) is 1.48. The maximum atomic E-state index is 12.0. The van der Waals surface area contributed by atoms with E-state index in [1.807, 2.05) is 6.92 Å². The quantitative estimate of drug-likeness (QED) is 0.749. The van der Waals surface area contributed by atoms with Crippen molar-refractivity contribution in [3.05, 3.63) is 52.5 Å². The van der Waals surface area contributed by atoms with Gasteiger partial charge in [0.25, 0.3) is 5.91 Å². The summed E-state index contributed by atoms with van der Waals surface area (Å²) >= 11 is 6.01. The minimum atomic E-state index is -0.537. The zero-order valence-corrected chi connectivity index (χ0v) is 15.6. The lowest BCUT2D eigenvalue weighted by atomic mass is 10.1. The SMILES string of the molecule is COc1ccc(CC(=O)OCC(=O)Nc2ccc(C)c(Cl)c2)c(OC)c1. The molecule has 2 rings (SSSR count). The second-order valence-electron chi connectivity index (χ2n) is 5.53. The van der Waals surface area contributed by atoms with Crippen LogP contribution in [0.4, 0.5) is 5.69 Å². The first-order valence-corrected chi connectivity index (χ1v) is 8.23. The number of ether oxygens (including phenoxy) is 3. The van der Waals surface area contributed by atoms with Crippen LogP contribution in [0.25, 0.3) is 0 Å². The summed E-state index contributed by atoms with van der Waals surface area (Å²) in [4.78, 5) is 23.9. The van der Waals surface area contributed by atoms with Crippen molar-refractivity contribution < 1.29 is 23.8 Å². The molecule has 26 heavy (non-hydrogen) atoms. The van der Waals surface area contributed by atoms with E-state index in [2.05, 4.69) is 5.32 Å². The number of aryl methyl sites for hydroxylation is 1. The number of methoxy groups -OCH3 is 2. The Morgan fingerprint density at radius 2 is 1.85 bits per heavy atom. The van der Waals surface area contributed by atoms with Crippen molar-refractivity contribution in [1.29, 1.82) is 0 Å². The summed E-state index contributed by atoms with van der Waals surface area (Å²) in [6, 6.07) is 10.3. The van der Waals surface area contributed by atoms with Crippen molar-refractivity contribution in [1.82, 2.24) is 0 Å². The van der Waals surface area contributed by atoms with E-state index in [-0.39, 0.29) is 13.0 Å². The van der Waals surface area contributed by atoms with Crippen LogP contribution in [0.15, 0.2) is 36.4 Å². The Bertz CT molecular complexity index is 807. The van der Waals surface area contributed by atoms with Crippen LogP contribution in [0.5, 0.6) is 11.5 Å². The van der Waals surface area contributed by atoms with Crippen LogP contribution in [0.3, 0.4) is 0 Å². The molecule has 6 nitrogen and oxygen atoms in total. The molecule has 0 aromatic heterocycles. The average Bonchev–Trinajstić information content (AvgIpc) is 2.63. The van der Waals surface area contributed by atoms with E-state index in [9.17, 15) is 9.59 Å². The minimum absolute atomic E-state index is 0.0171. The number of benzene rings is 2. The maximum absolute atomic E-state index is 12.0. The summed E-state index contributed by atoms with van der Waals surface area (Å²) in [6.07, 6.45) is -0.0171. The van der Waals surface area contributed by atoms with Crippen molar-refractivity contribution in [3.8, 4) is 11.5 Å². The van der Waals surface area contributed by atoms with Gasteiger partial charge in [0.1, 0.15) is 11.5 Å². The van der Waals surface area contributed by atoms with Gasteiger partial charge in [0.05, 0.1) is 20.6 Å². The van der Waals surface area contributed by atoms with Gasteiger partial charge < -0.3 is 19.5 Å². The summed E-state index contributed by atoms with van der Waals surface area (Å²) in [7, 11) is 3.05. The summed E-state index contributed by atoms with van der Waals surface area (Å²) in [5.74, 6) is 0.153.